The lowest BCUT2D eigenvalue weighted by molar-refractivity contribution is 0.102. The topological polar surface area (TPSA) is 58.1 Å². The number of hydrogen-bond donors (Lipinski definition) is 1. The van der Waals surface area contributed by atoms with Crippen molar-refractivity contribution in [2.45, 2.75) is 26.7 Å². The molecule has 1 fully saturated rings. The number of anilines is 2. The molecule has 0 unspecified atom stereocenters. The van der Waals surface area contributed by atoms with Gasteiger partial charge < -0.3 is 10.2 Å². The maximum Gasteiger partial charge on any atom is 0.274 e. The number of aromatic nitrogens is 2. The van der Waals surface area contributed by atoms with Gasteiger partial charge in [0.25, 0.3) is 5.91 Å². The summed E-state index contributed by atoms with van der Waals surface area (Å²) in [6.45, 7) is 5.95. The van der Waals surface area contributed by atoms with Crippen molar-refractivity contribution in [3.63, 3.8) is 0 Å². The number of aryl methyl sites for hydroxylation is 1. The van der Waals surface area contributed by atoms with Gasteiger partial charge in [-0.1, -0.05) is 30.1 Å². The number of piperidine rings is 1. The summed E-state index contributed by atoms with van der Waals surface area (Å²) in [5.41, 5.74) is 0.827. The van der Waals surface area contributed by atoms with Crippen molar-refractivity contribution < 1.29 is 4.79 Å². The second-order valence-corrected chi connectivity index (χ2v) is 7.25. The first-order valence-corrected chi connectivity index (χ1v) is 9.05. The Morgan fingerprint density at radius 1 is 1.20 bits per heavy atom. The fourth-order valence-corrected chi connectivity index (χ4v) is 3.30. The number of nitrogens with one attached hydrogen (secondary N) is 1. The summed E-state index contributed by atoms with van der Waals surface area (Å²) in [6, 6.07) is 6.67. The molecule has 0 radical (unpaired) electrons. The Balaban J connectivity index is 1.80. The van der Waals surface area contributed by atoms with Gasteiger partial charge in [-0.25, -0.2) is 9.97 Å². The minimum Gasteiger partial charge on any atom is -0.356 e. The van der Waals surface area contributed by atoms with E-state index in [1.54, 1.807) is 31.2 Å². The van der Waals surface area contributed by atoms with Crippen LogP contribution in [0.5, 0.6) is 0 Å². The highest BCUT2D eigenvalue weighted by molar-refractivity contribution is 6.36. The first-order valence-electron chi connectivity index (χ1n) is 8.29. The van der Waals surface area contributed by atoms with Crippen LogP contribution in [0.15, 0.2) is 24.3 Å². The molecular weight excluding hydrogens is 359 g/mol. The van der Waals surface area contributed by atoms with Crippen molar-refractivity contribution in [1.82, 2.24) is 9.97 Å². The number of hydrogen-bond acceptors (Lipinski definition) is 4. The fourth-order valence-electron chi connectivity index (χ4n) is 2.85. The summed E-state index contributed by atoms with van der Waals surface area (Å²) < 4.78 is 0. The van der Waals surface area contributed by atoms with Gasteiger partial charge in [0.1, 0.15) is 17.3 Å². The minimum absolute atomic E-state index is 0.318. The van der Waals surface area contributed by atoms with E-state index in [-0.39, 0.29) is 5.91 Å². The van der Waals surface area contributed by atoms with Gasteiger partial charge in [0, 0.05) is 24.2 Å². The smallest absolute Gasteiger partial charge is 0.274 e. The van der Waals surface area contributed by atoms with Crippen LogP contribution in [0.3, 0.4) is 0 Å². The maximum atomic E-state index is 12.6. The molecule has 0 atom stereocenters. The second-order valence-electron chi connectivity index (χ2n) is 6.41. The molecule has 132 valence electrons. The molecule has 0 saturated carbocycles. The molecule has 1 aromatic heterocycles. The van der Waals surface area contributed by atoms with Crippen molar-refractivity contribution in [2.75, 3.05) is 23.3 Å². The van der Waals surface area contributed by atoms with Crippen LogP contribution in [-0.4, -0.2) is 29.0 Å². The Kier molecular flexibility index (Phi) is 5.45. The molecule has 7 heteroatoms. The van der Waals surface area contributed by atoms with Crippen molar-refractivity contribution in [1.29, 1.82) is 0 Å². The molecule has 3 rings (SSSR count). The standard InChI is InChI=1S/C18H20Cl2N4O/c1-11-5-7-24(8-6-11)17-10-16(21-12(2)22-17)18(25)23-15-4-3-13(19)9-14(15)20/h3-4,9-11H,5-8H2,1-2H3,(H,23,25). The molecule has 2 heterocycles. The third kappa shape index (κ3) is 4.41. The zero-order valence-corrected chi connectivity index (χ0v) is 15.7. The normalized spacial score (nSPS) is 15.3. The zero-order chi connectivity index (χ0) is 18.0. The Morgan fingerprint density at radius 2 is 1.92 bits per heavy atom. The van der Waals surface area contributed by atoms with Gasteiger partial charge in [-0.05, 0) is 43.9 Å². The maximum absolute atomic E-state index is 12.6. The average molecular weight is 379 g/mol. The predicted octanol–water partition coefficient (Wildman–Crippen LogP) is 4.58. The van der Waals surface area contributed by atoms with E-state index in [4.69, 9.17) is 23.2 Å². The quantitative estimate of drug-likeness (QED) is 0.848. The third-order valence-corrected chi connectivity index (χ3v) is 4.89. The van der Waals surface area contributed by atoms with Crippen molar-refractivity contribution in [3.05, 3.63) is 45.8 Å². The van der Waals surface area contributed by atoms with Crippen LogP contribution in [0.2, 0.25) is 10.0 Å². The van der Waals surface area contributed by atoms with Gasteiger partial charge >= 0.3 is 0 Å². The first-order chi connectivity index (χ1) is 11.9. The van der Waals surface area contributed by atoms with E-state index in [2.05, 4.69) is 27.1 Å². The Bertz CT molecular complexity index is 789. The summed E-state index contributed by atoms with van der Waals surface area (Å²) >= 11 is 12.0. The summed E-state index contributed by atoms with van der Waals surface area (Å²) in [4.78, 5) is 23.5. The third-order valence-electron chi connectivity index (χ3n) is 4.34. The van der Waals surface area contributed by atoms with Gasteiger partial charge in [-0.3, -0.25) is 4.79 Å². The zero-order valence-electron chi connectivity index (χ0n) is 14.2. The molecule has 0 bridgehead atoms. The molecule has 2 aromatic rings. The molecule has 5 nitrogen and oxygen atoms in total. The van der Waals surface area contributed by atoms with Crippen LogP contribution < -0.4 is 10.2 Å². The van der Waals surface area contributed by atoms with Crippen LogP contribution in [0.4, 0.5) is 11.5 Å². The average Bonchev–Trinajstić information content (AvgIpc) is 2.57. The molecular formula is C18H20Cl2N4O. The Hall–Kier alpha value is -1.85. The van der Waals surface area contributed by atoms with Gasteiger partial charge in [-0.2, -0.15) is 0 Å². The number of halogens is 2. The fraction of sp³-hybridized carbons (Fsp3) is 0.389. The highest BCUT2D eigenvalue weighted by Crippen LogP contribution is 2.26. The van der Waals surface area contributed by atoms with Crippen LogP contribution in [0, 0.1) is 12.8 Å². The highest BCUT2D eigenvalue weighted by Gasteiger charge is 2.20. The van der Waals surface area contributed by atoms with Crippen molar-refractivity contribution >= 4 is 40.6 Å². The first kappa shape index (κ1) is 18.0. The van der Waals surface area contributed by atoms with Gasteiger partial charge in [0.15, 0.2) is 0 Å². The molecule has 0 spiro atoms. The van der Waals surface area contributed by atoms with E-state index in [0.717, 1.165) is 37.7 Å². The summed E-state index contributed by atoms with van der Waals surface area (Å²) in [5, 5.41) is 3.68. The van der Waals surface area contributed by atoms with Crippen molar-refractivity contribution in [2.24, 2.45) is 5.92 Å². The van der Waals surface area contributed by atoms with Crippen LogP contribution in [-0.2, 0) is 0 Å². The summed E-state index contributed by atoms with van der Waals surface area (Å²) in [7, 11) is 0. The highest BCUT2D eigenvalue weighted by atomic mass is 35.5. The Labute approximate surface area is 157 Å². The van der Waals surface area contributed by atoms with Crippen LogP contribution in [0.1, 0.15) is 36.1 Å². The van der Waals surface area contributed by atoms with Crippen LogP contribution in [0.25, 0.3) is 0 Å². The molecule has 1 aromatic carbocycles. The molecule has 1 aliphatic rings. The van der Waals surface area contributed by atoms with Gasteiger partial charge in [0.05, 0.1) is 10.7 Å². The molecule has 25 heavy (non-hydrogen) atoms. The SMILES string of the molecule is Cc1nc(C(=O)Nc2ccc(Cl)cc2Cl)cc(N2CCC(C)CC2)n1. The lowest BCUT2D eigenvalue weighted by Crippen LogP contribution is -2.34. The number of nitrogens with zero attached hydrogens (tertiary/aromatic N) is 3. The largest absolute Gasteiger partial charge is 0.356 e. The summed E-state index contributed by atoms with van der Waals surface area (Å²) in [5.74, 6) is 1.78. The summed E-state index contributed by atoms with van der Waals surface area (Å²) in [6.07, 6.45) is 2.26. The minimum atomic E-state index is -0.318. The van der Waals surface area contributed by atoms with E-state index in [1.807, 2.05) is 0 Å². The van der Waals surface area contributed by atoms with Crippen molar-refractivity contribution in [3.8, 4) is 0 Å². The number of amides is 1. The van der Waals surface area contributed by atoms with E-state index in [0.29, 0.717) is 27.3 Å². The van der Waals surface area contributed by atoms with E-state index in [9.17, 15) is 4.79 Å². The molecule has 1 N–H and O–H groups in total. The lowest BCUT2D eigenvalue weighted by Gasteiger charge is -2.31. The Morgan fingerprint density at radius 3 is 2.60 bits per heavy atom. The van der Waals surface area contributed by atoms with Gasteiger partial charge in [0.2, 0.25) is 0 Å². The number of benzene rings is 1. The molecule has 1 amide bonds. The predicted molar refractivity (Wildman–Crippen MR) is 102 cm³/mol. The lowest BCUT2D eigenvalue weighted by atomic mass is 9.99. The number of carbonyl (C=O) groups is 1. The number of carbonyl (C=O) groups excluding carboxylic acids is 1. The van der Waals surface area contributed by atoms with E-state index in [1.165, 1.54) is 0 Å². The second kappa shape index (κ2) is 7.58. The monoisotopic (exact) mass is 378 g/mol. The number of rotatable bonds is 3. The molecule has 1 aliphatic heterocycles. The van der Waals surface area contributed by atoms with E-state index < -0.39 is 0 Å². The van der Waals surface area contributed by atoms with E-state index >= 15 is 0 Å². The molecule has 1 saturated heterocycles. The van der Waals surface area contributed by atoms with Crippen LogP contribution >= 0.6 is 23.2 Å². The molecule has 0 aliphatic carbocycles. The van der Waals surface area contributed by atoms with Gasteiger partial charge in [-0.15, -0.1) is 0 Å².